The average Bonchev–Trinajstić information content (AvgIpc) is 2.64. The Morgan fingerprint density at radius 3 is 2.32 bits per heavy atom. The highest BCUT2D eigenvalue weighted by atomic mass is 16.6. The molecular weight excluding hydrogens is 368 g/mol. The van der Waals surface area contributed by atoms with Crippen molar-refractivity contribution in [2.75, 3.05) is 32.7 Å². The lowest BCUT2D eigenvalue weighted by molar-refractivity contribution is -0.384. The molecule has 1 fully saturated rings. The summed E-state index contributed by atoms with van der Waals surface area (Å²) in [5, 5.41) is 13.2. The number of amides is 3. The number of non-ortho nitro benzene ring substituents is 1. The van der Waals surface area contributed by atoms with E-state index in [1.165, 1.54) is 23.1 Å². The quantitative estimate of drug-likeness (QED) is 0.610. The largest absolute Gasteiger partial charge is 0.444 e. The van der Waals surface area contributed by atoms with Gasteiger partial charge in [0.05, 0.1) is 11.5 Å². The lowest BCUT2D eigenvalue weighted by Gasteiger charge is -2.35. The van der Waals surface area contributed by atoms with Crippen LogP contribution in [-0.2, 0) is 9.53 Å². The predicted octanol–water partition coefficient (Wildman–Crippen LogP) is 1.40. The van der Waals surface area contributed by atoms with E-state index >= 15 is 0 Å². The van der Waals surface area contributed by atoms with Gasteiger partial charge in [-0.1, -0.05) is 6.07 Å². The number of ether oxygens (including phenoxy) is 1. The monoisotopic (exact) mass is 392 g/mol. The molecule has 0 aliphatic carbocycles. The summed E-state index contributed by atoms with van der Waals surface area (Å²) >= 11 is 0. The number of nitrogens with one attached hydrogen (secondary N) is 1. The second-order valence-corrected chi connectivity index (χ2v) is 7.34. The minimum Gasteiger partial charge on any atom is -0.444 e. The molecule has 1 aliphatic heterocycles. The van der Waals surface area contributed by atoms with Crippen molar-refractivity contribution < 1.29 is 24.0 Å². The van der Waals surface area contributed by atoms with Crippen LogP contribution in [0.3, 0.4) is 0 Å². The Labute approximate surface area is 162 Å². The van der Waals surface area contributed by atoms with Crippen molar-refractivity contribution in [1.82, 2.24) is 15.1 Å². The zero-order valence-corrected chi connectivity index (χ0v) is 16.1. The highest BCUT2D eigenvalue weighted by Gasteiger charge is 2.27. The van der Waals surface area contributed by atoms with E-state index in [1.54, 1.807) is 25.7 Å². The summed E-state index contributed by atoms with van der Waals surface area (Å²) in [6.45, 7) is 6.50. The van der Waals surface area contributed by atoms with Crippen molar-refractivity contribution in [2.24, 2.45) is 0 Å². The smallest absolute Gasteiger partial charge is 0.410 e. The van der Waals surface area contributed by atoms with Gasteiger partial charge in [-0.05, 0) is 26.8 Å². The van der Waals surface area contributed by atoms with Gasteiger partial charge in [-0.15, -0.1) is 0 Å². The zero-order chi connectivity index (χ0) is 20.9. The van der Waals surface area contributed by atoms with Gasteiger partial charge in [0.25, 0.3) is 11.6 Å². The Morgan fingerprint density at radius 1 is 1.14 bits per heavy atom. The normalized spacial score (nSPS) is 14.4. The maximum absolute atomic E-state index is 12.3. The molecular formula is C18H24N4O6. The number of carbonyl (C=O) groups is 3. The summed E-state index contributed by atoms with van der Waals surface area (Å²) in [5.41, 5.74) is -0.671. The topological polar surface area (TPSA) is 122 Å². The first-order valence-electron chi connectivity index (χ1n) is 8.85. The van der Waals surface area contributed by atoms with Gasteiger partial charge in [-0.25, -0.2) is 4.79 Å². The maximum atomic E-state index is 12.3. The third-order valence-electron chi connectivity index (χ3n) is 4.00. The van der Waals surface area contributed by atoms with Crippen molar-refractivity contribution in [3.05, 3.63) is 39.9 Å². The Morgan fingerprint density at radius 2 is 1.75 bits per heavy atom. The summed E-state index contributed by atoms with van der Waals surface area (Å²) in [6, 6.07) is 5.28. The SMILES string of the molecule is CC(C)(C)OC(=O)N1CCN(C(=O)CNC(=O)c2cccc([N+](=O)[O-])c2)CC1. The number of piperazine rings is 1. The van der Waals surface area contributed by atoms with E-state index in [2.05, 4.69) is 5.32 Å². The van der Waals surface area contributed by atoms with Crippen molar-refractivity contribution in [1.29, 1.82) is 0 Å². The molecule has 1 heterocycles. The van der Waals surface area contributed by atoms with Crippen LogP contribution in [0.4, 0.5) is 10.5 Å². The lowest BCUT2D eigenvalue weighted by Crippen LogP contribution is -2.53. The van der Waals surface area contributed by atoms with E-state index in [0.717, 1.165) is 6.07 Å². The van der Waals surface area contributed by atoms with E-state index in [0.29, 0.717) is 26.2 Å². The highest BCUT2D eigenvalue weighted by Crippen LogP contribution is 2.13. The third-order valence-corrected chi connectivity index (χ3v) is 4.00. The molecule has 1 saturated heterocycles. The van der Waals surface area contributed by atoms with Crippen LogP contribution in [0.15, 0.2) is 24.3 Å². The molecule has 28 heavy (non-hydrogen) atoms. The van der Waals surface area contributed by atoms with Crippen molar-refractivity contribution >= 4 is 23.6 Å². The minimum absolute atomic E-state index is 0.108. The van der Waals surface area contributed by atoms with E-state index < -0.39 is 22.5 Å². The number of benzene rings is 1. The molecule has 1 aromatic rings. The second kappa shape index (κ2) is 8.68. The molecule has 1 N–H and O–H groups in total. The molecule has 1 aromatic carbocycles. The number of hydrogen-bond donors (Lipinski definition) is 1. The van der Waals surface area contributed by atoms with E-state index in [4.69, 9.17) is 4.74 Å². The molecule has 0 radical (unpaired) electrons. The molecule has 10 heteroatoms. The van der Waals surface area contributed by atoms with Crippen molar-refractivity contribution in [3.63, 3.8) is 0 Å². The Balaban J connectivity index is 1.81. The van der Waals surface area contributed by atoms with Gasteiger partial charge in [0, 0.05) is 43.9 Å². The van der Waals surface area contributed by atoms with Gasteiger partial charge < -0.3 is 19.9 Å². The van der Waals surface area contributed by atoms with Gasteiger partial charge in [0.2, 0.25) is 5.91 Å². The molecule has 0 bridgehead atoms. The van der Waals surface area contributed by atoms with Crippen LogP contribution >= 0.6 is 0 Å². The standard InChI is InChI=1S/C18H24N4O6/c1-18(2,3)28-17(25)21-9-7-20(8-10-21)15(23)12-19-16(24)13-5-4-6-14(11-13)22(26)27/h4-6,11H,7-10,12H2,1-3H3,(H,19,24). The first-order chi connectivity index (χ1) is 13.1. The van der Waals surface area contributed by atoms with Crippen LogP contribution in [-0.4, -0.2) is 71.0 Å². The van der Waals surface area contributed by atoms with E-state index in [1.807, 2.05) is 0 Å². The molecule has 0 atom stereocenters. The maximum Gasteiger partial charge on any atom is 0.410 e. The summed E-state index contributed by atoms with van der Waals surface area (Å²) < 4.78 is 5.31. The molecule has 0 unspecified atom stereocenters. The molecule has 2 rings (SSSR count). The van der Waals surface area contributed by atoms with Gasteiger partial charge in [0.1, 0.15) is 5.60 Å². The van der Waals surface area contributed by atoms with Gasteiger partial charge in [0.15, 0.2) is 0 Å². The molecule has 0 saturated carbocycles. The Hall–Kier alpha value is -3.17. The molecule has 0 aromatic heterocycles. The molecule has 3 amide bonds. The summed E-state index contributed by atoms with van der Waals surface area (Å²) in [7, 11) is 0. The molecule has 10 nitrogen and oxygen atoms in total. The van der Waals surface area contributed by atoms with Crippen molar-refractivity contribution in [3.8, 4) is 0 Å². The molecule has 0 spiro atoms. The molecule has 152 valence electrons. The van der Waals surface area contributed by atoms with Crippen LogP contribution in [0, 0.1) is 10.1 Å². The first-order valence-corrected chi connectivity index (χ1v) is 8.85. The van der Waals surface area contributed by atoms with Gasteiger partial charge >= 0.3 is 6.09 Å². The third kappa shape index (κ3) is 5.93. The lowest BCUT2D eigenvalue weighted by atomic mass is 10.2. The van der Waals surface area contributed by atoms with Gasteiger partial charge in [-0.2, -0.15) is 0 Å². The van der Waals surface area contributed by atoms with Crippen LogP contribution in [0.25, 0.3) is 0 Å². The summed E-state index contributed by atoms with van der Waals surface area (Å²) in [6.07, 6.45) is -0.418. The molecule has 1 aliphatic rings. The highest BCUT2D eigenvalue weighted by molar-refractivity contribution is 5.97. The number of carbonyl (C=O) groups excluding carboxylic acids is 3. The number of nitro benzene ring substituents is 1. The number of nitrogens with zero attached hydrogens (tertiary/aromatic N) is 3. The summed E-state index contributed by atoms with van der Waals surface area (Å²) in [4.78, 5) is 49.7. The fourth-order valence-corrected chi connectivity index (χ4v) is 2.60. The average molecular weight is 392 g/mol. The van der Waals surface area contributed by atoms with Crippen LogP contribution in [0.5, 0.6) is 0 Å². The van der Waals surface area contributed by atoms with Gasteiger partial charge in [-0.3, -0.25) is 19.7 Å². The predicted molar refractivity (Wildman–Crippen MR) is 99.8 cm³/mol. The Kier molecular flexibility index (Phi) is 6.55. The zero-order valence-electron chi connectivity index (χ0n) is 16.1. The van der Waals surface area contributed by atoms with E-state index in [-0.39, 0.29) is 23.7 Å². The summed E-state index contributed by atoms with van der Waals surface area (Å²) in [5.74, 6) is -0.855. The Bertz CT molecular complexity index is 766. The van der Waals surface area contributed by atoms with Crippen molar-refractivity contribution in [2.45, 2.75) is 26.4 Å². The fraction of sp³-hybridized carbons (Fsp3) is 0.500. The second-order valence-electron chi connectivity index (χ2n) is 7.34. The number of rotatable bonds is 4. The van der Waals surface area contributed by atoms with Crippen LogP contribution in [0.2, 0.25) is 0 Å². The van der Waals surface area contributed by atoms with E-state index in [9.17, 15) is 24.5 Å². The van der Waals surface area contributed by atoms with Crippen LogP contribution < -0.4 is 5.32 Å². The number of nitro groups is 1. The first kappa shape index (κ1) is 21.1. The fourth-order valence-electron chi connectivity index (χ4n) is 2.60. The van der Waals surface area contributed by atoms with Crippen LogP contribution in [0.1, 0.15) is 31.1 Å². The minimum atomic E-state index is -0.591. The number of hydrogen-bond acceptors (Lipinski definition) is 6.